The number of benzene rings is 2. The summed E-state index contributed by atoms with van der Waals surface area (Å²) in [5.41, 5.74) is 8.88. The van der Waals surface area contributed by atoms with Crippen LogP contribution in [0.5, 0.6) is 17.2 Å². The summed E-state index contributed by atoms with van der Waals surface area (Å²) < 4.78 is 16.0. The molecule has 0 radical (unpaired) electrons. The lowest BCUT2D eigenvalue weighted by Gasteiger charge is -2.14. The molecular weight excluding hydrogens is 308 g/mol. The molecule has 0 aromatic heterocycles. The van der Waals surface area contributed by atoms with Gasteiger partial charge >= 0.3 is 0 Å². The number of anilines is 2. The van der Waals surface area contributed by atoms with Crippen molar-refractivity contribution in [3.05, 3.63) is 41.5 Å². The van der Waals surface area contributed by atoms with Gasteiger partial charge in [-0.05, 0) is 31.0 Å². The molecule has 6 nitrogen and oxygen atoms in total. The second kappa shape index (κ2) is 7.59. The number of hydrogen-bond donors (Lipinski definition) is 2. The van der Waals surface area contributed by atoms with Gasteiger partial charge in [0.2, 0.25) is 0 Å². The Kier molecular flexibility index (Phi) is 5.52. The molecular formula is C18H22N2O4. The van der Waals surface area contributed by atoms with Crippen LogP contribution in [0, 0.1) is 13.8 Å². The molecule has 0 saturated carbocycles. The number of methoxy groups -OCH3 is 2. The number of nitrogen functional groups attached to an aromatic ring is 1. The van der Waals surface area contributed by atoms with Crippen molar-refractivity contribution in [3.63, 3.8) is 0 Å². The van der Waals surface area contributed by atoms with Crippen molar-refractivity contribution >= 4 is 17.3 Å². The molecule has 0 spiro atoms. The predicted molar refractivity (Wildman–Crippen MR) is 94.0 cm³/mol. The fourth-order valence-corrected chi connectivity index (χ4v) is 2.21. The molecule has 1 amide bonds. The molecule has 6 heteroatoms. The number of ether oxygens (including phenoxy) is 3. The first-order chi connectivity index (χ1) is 11.5. The van der Waals surface area contributed by atoms with Crippen LogP contribution >= 0.6 is 0 Å². The van der Waals surface area contributed by atoms with Crippen LogP contribution in [0.2, 0.25) is 0 Å². The van der Waals surface area contributed by atoms with Gasteiger partial charge in [0.25, 0.3) is 5.91 Å². The molecule has 0 aliphatic rings. The number of amides is 1. The first-order valence-electron chi connectivity index (χ1n) is 7.46. The number of aryl methyl sites for hydroxylation is 1. The van der Waals surface area contributed by atoms with Crippen molar-refractivity contribution in [1.29, 1.82) is 0 Å². The van der Waals surface area contributed by atoms with Crippen LogP contribution < -0.4 is 25.3 Å². The summed E-state index contributed by atoms with van der Waals surface area (Å²) in [6, 6.07) is 8.93. The molecule has 128 valence electrons. The van der Waals surface area contributed by atoms with E-state index in [9.17, 15) is 4.79 Å². The number of carbonyl (C=O) groups is 1. The number of carbonyl (C=O) groups excluding carboxylic acids is 1. The van der Waals surface area contributed by atoms with Crippen LogP contribution in [0.3, 0.4) is 0 Å². The molecule has 0 atom stereocenters. The SMILES string of the molecule is COc1cc(N)c(NC(=O)COc2cccc(C)c2C)cc1OC. The largest absolute Gasteiger partial charge is 0.493 e. The summed E-state index contributed by atoms with van der Waals surface area (Å²) in [6.45, 7) is 3.83. The van der Waals surface area contributed by atoms with Gasteiger partial charge in [-0.25, -0.2) is 0 Å². The molecule has 0 aliphatic heterocycles. The van der Waals surface area contributed by atoms with Crippen LogP contribution in [0.25, 0.3) is 0 Å². The van der Waals surface area contributed by atoms with Crippen molar-refractivity contribution in [2.45, 2.75) is 13.8 Å². The summed E-state index contributed by atoms with van der Waals surface area (Å²) in [5, 5.41) is 2.72. The fraction of sp³-hybridized carbons (Fsp3) is 0.278. The Hall–Kier alpha value is -2.89. The Morgan fingerprint density at radius 2 is 1.75 bits per heavy atom. The maximum Gasteiger partial charge on any atom is 0.262 e. The van der Waals surface area contributed by atoms with Crippen molar-refractivity contribution in [2.75, 3.05) is 31.9 Å². The number of hydrogen-bond acceptors (Lipinski definition) is 5. The van der Waals surface area contributed by atoms with Gasteiger partial charge in [0.05, 0.1) is 25.6 Å². The van der Waals surface area contributed by atoms with Crippen molar-refractivity contribution in [1.82, 2.24) is 0 Å². The Bertz CT molecular complexity index is 744. The van der Waals surface area contributed by atoms with Gasteiger partial charge in [-0.2, -0.15) is 0 Å². The Morgan fingerprint density at radius 3 is 2.42 bits per heavy atom. The molecule has 0 saturated heterocycles. The summed E-state index contributed by atoms with van der Waals surface area (Å²) in [5.74, 6) is 1.36. The molecule has 2 aromatic carbocycles. The Morgan fingerprint density at radius 1 is 1.08 bits per heavy atom. The van der Waals surface area contributed by atoms with E-state index < -0.39 is 0 Å². The zero-order chi connectivity index (χ0) is 17.7. The second-order valence-corrected chi connectivity index (χ2v) is 5.33. The highest BCUT2D eigenvalue weighted by molar-refractivity contribution is 5.95. The minimum absolute atomic E-state index is 0.113. The highest BCUT2D eigenvalue weighted by Gasteiger charge is 2.12. The molecule has 0 fully saturated rings. The first kappa shape index (κ1) is 17.5. The lowest BCUT2D eigenvalue weighted by atomic mass is 10.1. The minimum atomic E-state index is -0.310. The maximum absolute atomic E-state index is 12.1. The molecule has 2 rings (SSSR count). The number of nitrogens with two attached hydrogens (primary N) is 1. The predicted octanol–water partition coefficient (Wildman–Crippen LogP) is 2.92. The average Bonchev–Trinajstić information content (AvgIpc) is 2.57. The van der Waals surface area contributed by atoms with E-state index in [1.807, 2.05) is 32.0 Å². The van der Waals surface area contributed by atoms with E-state index in [1.165, 1.54) is 14.2 Å². The van der Waals surface area contributed by atoms with E-state index in [0.717, 1.165) is 11.1 Å². The fourth-order valence-electron chi connectivity index (χ4n) is 2.21. The first-order valence-corrected chi connectivity index (χ1v) is 7.46. The van der Waals surface area contributed by atoms with Crippen molar-refractivity contribution < 1.29 is 19.0 Å². The van der Waals surface area contributed by atoms with Gasteiger partial charge < -0.3 is 25.3 Å². The molecule has 2 aromatic rings. The zero-order valence-corrected chi connectivity index (χ0v) is 14.3. The van der Waals surface area contributed by atoms with E-state index in [-0.39, 0.29) is 12.5 Å². The van der Waals surface area contributed by atoms with Gasteiger partial charge in [0, 0.05) is 12.1 Å². The van der Waals surface area contributed by atoms with Crippen LogP contribution in [-0.2, 0) is 4.79 Å². The van der Waals surface area contributed by atoms with E-state index in [2.05, 4.69) is 5.32 Å². The minimum Gasteiger partial charge on any atom is -0.493 e. The topological polar surface area (TPSA) is 82.8 Å². The van der Waals surface area contributed by atoms with Gasteiger partial charge in [-0.15, -0.1) is 0 Å². The molecule has 0 bridgehead atoms. The zero-order valence-electron chi connectivity index (χ0n) is 14.3. The van der Waals surface area contributed by atoms with Gasteiger partial charge in [0.15, 0.2) is 18.1 Å². The molecule has 0 aliphatic carbocycles. The molecule has 0 heterocycles. The summed E-state index contributed by atoms with van der Waals surface area (Å²) >= 11 is 0. The quantitative estimate of drug-likeness (QED) is 0.796. The van der Waals surface area contributed by atoms with Crippen molar-refractivity contribution in [2.24, 2.45) is 0 Å². The van der Waals surface area contributed by atoms with E-state index in [0.29, 0.717) is 28.6 Å². The summed E-state index contributed by atoms with van der Waals surface area (Å²) in [6.07, 6.45) is 0. The van der Waals surface area contributed by atoms with Crippen molar-refractivity contribution in [3.8, 4) is 17.2 Å². The van der Waals surface area contributed by atoms with Crippen LogP contribution in [0.15, 0.2) is 30.3 Å². The Labute approximate surface area is 141 Å². The third-order valence-electron chi connectivity index (χ3n) is 3.74. The third kappa shape index (κ3) is 3.90. The van der Waals surface area contributed by atoms with Gasteiger partial charge in [-0.3, -0.25) is 4.79 Å². The number of rotatable bonds is 6. The third-order valence-corrected chi connectivity index (χ3v) is 3.74. The Balaban J connectivity index is 2.06. The standard InChI is InChI=1S/C18H22N2O4/c1-11-6-5-7-15(12(11)2)24-10-18(21)20-14-9-17(23-4)16(22-3)8-13(14)19/h5-9H,10,19H2,1-4H3,(H,20,21). The van der Waals surface area contributed by atoms with Crippen LogP contribution in [0.1, 0.15) is 11.1 Å². The summed E-state index contributed by atoms with van der Waals surface area (Å²) in [4.78, 5) is 12.1. The van der Waals surface area contributed by atoms with Crippen LogP contribution in [0.4, 0.5) is 11.4 Å². The molecule has 24 heavy (non-hydrogen) atoms. The average molecular weight is 330 g/mol. The number of nitrogens with one attached hydrogen (secondary N) is 1. The maximum atomic E-state index is 12.1. The van der Waals surface area contributed by atoms with E-state index in [1.54, 1.807) is 12.1 Å². The van der Waals surface area contributed by atoms with E-state index in [4.69, 9.17) is 19.9 Å². The molecule has 0 unspecified atom stereocenters. The second-order valence-electron chi connectivity index (χ2n) is 5.33. The monoisotopic (exact) mass is 330 g/mol. The molecule has 3 N–H and O–H groups in total. The summed E-state index contributed by atoms with van der Waals surface area (Å²) in [7, 11) is 3.04. The van der Waals surface area contributed by atoms with Gasteiger partial charge in [-0.1, -0.05) is 12.1 Å². The van der Waals surface area contributed by atoms with E-state index >= 15 is 0 Å². The van der Waals surface area contributed by atoms with Crippen LogP contribution in [-0.4, -0.2) is 26.7 Å². The van der Waals surface area contributed by atoms with Gasteiger partial charge in [0.1, 0.15) is 5.75 Å². The lowest BCUT2D eigenvalue weighted by Crippen LogP contribution is -2.21. The highest BCUT2D eigenvalue weighted by Crippen LogP contribution is 2.34. The smallest absolute Gasteiger partial charge is 0.262 e. The lowest BCUT2D eigenvalue weighted by molar-refractivity contribution is -0.118. The highest BCUT2D eigenvalue weighted by atomic mass is 16.5. The normalized spacial score (nSPS) is 10.2.